The topological polar surface area (TPSA) is 74.6 Å². The summed E-state index contributed by atoms with van der Waals surface area (Å²) in [6, 6.07) is 10.2. The van der Waals surface area contributed by atoms with Crippen molar-refractivity contribution in [2.24, 2.45) is 0 Å². The first-order valence-corrected chi connectivity index (χ1v) is 9.30. The predicted molar refractivity (Wildman–Crippen MR) is 112 cm³/mol. The number of amides is 1. The van der Waals surface area contributed by atoms with E-state index in [4.69, 9.17) is 37.4 Å². The Kier molecular flexibility index (Phi) is 6.51. The molecule has 3 rings (SSSR count). The third kappa shape index (κ3) is 4.41. The monoisotopic (exact) mass is 435 g/mol. The molecule has 1 amide bonds. The van der Waals surface area contributed by atoms with Gasteiger partial charge in [0.1, 0.15) is 0 Å². The summed E-state index contributed by atoms with van der Waals surface area (Å²) in [4.78, 5) is 12.8. The highest BCUT2D eigenvalue weighted by Crippen LogP contribution is 2.39. The lowest BCUT2D eigenvalue weighted by molar-refractivity contribution is 0.102. The molecule has 0 atom stereocenters. The molecule has 0 bridgehead atoms. The number of aromatic nitrogens is 2. The molecule has 3 aromatic rings. The number of halogens is 2. The summed E-state index contributed by atoms with van der Waals surface area (Å²) in [6.45, 7) is 0.369. The van der Waals surface area contributed by atoms with Crippen LogP contribution in [0.1, 0.15) is 15.9 Å². The maximum Gasteiger partial charge on any atom is 0.260 e. The zero-order valence-electron chi connectivity index (χ0n) is 16.0. The third-order valence-electron chi connectivity index (χ3n) is 4.21. The van der Waals surface area contributed by atoms with Crippen LogP contribution in [-0.2, 0) is 6.54 Å². The van der Waals surface area contributed by atoms with Gasteiger partial charge in [0.05, 0.1) is 33.4 Å². The minimum atomic E-state index is -0.399. The van der Waals surface area contributed by atoms with Crippen LogP contribution in [0.15, 0.2) is 42.6 Å². The molecule has 29 heavy (non-hydrogen) atoms. The summed E-state index contributed by atoms with van der Waals surface area (Å²) in [7, 11) is 4.44. The van der Waals surface area contributed by atoms with Gasteiger partial charge in [-0.15, -0.1) is 0 Å². The molecular formula is C20H19Cl2N3O4. The van der Waals surface area contributed by atoms with Crippen molar-refractivity contribution in [1.29, 1.82) is 0 Å². The summed E-state index contributed by atoms with van der Waals surface area (Å²) in [5, 5.41) is 8.20. The fraction of sp³-hybridized carbons (Fsp3) is 0.200. The molecule has 152 valence electrons. The van der Waals surface area contributed by atoms with Crippen LogP contribution in [0.5, 0.6) is 17.2 Å². The van der Waals surface area contributed by atoms with Gasteiger partial charge in [0.15, 0.2) is 17.3 Å². The molecule has 0 aliphatic rings. The van der Waals surface area contributed by atoms with Crippen molar-refractivity contribution in [3.63, 3.8) is 0 Å². The summed E-state index contributed by atoms with van der Waals surface area (Å²) < 4.78 is 17.5. The summed E-state index contributed by atoms with van der Waals surface area (Å²) in [5.74, 6) is 1.04. The molecular weight excluding hydrogens is 417 g/mol. The first-order valence-electron chi connectivity index (χ1n) is 8.55. The average molecular weight is 436 g/mol. The zero-order valence-corrected chi connectivity index (χ0v) is 17.5. The van der Waals surface area contributed by atoms with E-state index in [-0.39, 0.29) is 11.3 Å². The van der Waals surface area contributed by atoms with Crippen molar-refractivity contribution in [2.45, 2.75) is 6.54 Å². The van der Waals surface area contributed by atoms with Crippen molar-refractivity contribution >= 4 is 34.9 Å². The Morgan fingerprint density at radius 2 is 1.69 bits per heavy atom. The molecule has 0 fully saturated rings. The SMILES string of the molecule is COc1ccc(C(=O)Nc2ccn(Cc3c(Cl)cccc3Cl)n2)c(OC)c1OC. The van der Waals surface area contributed by atoms with Crippen LogP contribution in [0.25, 0.3) is 0 Å². The summed E-state index contributed by atoms with van der Waals surface area (Å²) >= 11 is 12.4. The standard InChI is InChI=1S/C20H19Cl2N3O4/c1-27-16-8-7-12(18(28-2)19(16)29-3)20(26)23-17-9-10-25(24-17)11-13-14(21)5-4-6-15(13)22/h4-10H,11H2,1-3H3,(H,23,24,26). The minimum absolute atomic E-state index is 0.270. The fourth-order valence-corrected chi connectivity index (χ4v) is 3.34. The summed E-state index contributed by atoms with van der Waals surface area (Å²) in [5.41, 5.74) is 1.03. The van der Waals surface area contributed by atoms with E-state index in [1.807, 2.05) is 0 Å². The molecule has 1 heterocycles. The normalized spacial score (nSPS) is 10.5. The smallest absolute Gasteiger partial charge is 0.260 e. The average Bonchev–Trinajstić information content (AvgIpc) is 3.16. The first kappa shape index (κ1) is 20.8. The van der Waals surface area contributed by atoms with Crippen LogP contribution >= 0.6 is 23.2 Å². The zero-order chi connectivity index (χ0) is 21.0. The van der Waals surface area contributed by atoms with Crippen molar-refractivity contribution in [1.82, 2.24) is 9.78 Å². The molecule has 0 aliphatic carbocycles. The lowest BCUT2D eigenvalue weighted by Crippen LogP contribution is -2.15. The van der Waals surface area contributed by atoms with Crippen LogP contribution in [0.2, 0.25) is 10.0 Å². The summed E-state index contributed by atoms with van der Waals surface area (Å²) in [6.07, 6.45) is 1.72. The number of carbonyl (C=O) groups excluding carboxylic acids is 1. The Labute approximate surface area is 178 Å². The molecule has 1 N–H and O–H groups in total. The van der Waals surface area contributed by atoms with E-state index in [0.29, 0.717) is 33.9 Å². The second-order valence-corrected chi connectivity index (χ2v) is 6.75. The van der Waals surface area contributed by atoms with Gasteiger partial charge >= 0.3 is 0 Å². The Balaban J connectivity index is 1.81. The first-order chi connectivity index (χ1) is 14.0. The van der Waals surface area contributed by atoms with Crippen molar-refractivity contribution in [2.75, 3.05) is 26.6 Å². The highest BCUT2D eigenvalue weighted by molar-refractivity contribution is 6.35. The van der Waals surface area contributed by atoms with Crippen molar-refractivity contribution in [3.8, 4) is 17.2 Å². The number of anilines is 1. The van der Waals surface area contributed by atoms with E-state index in [0.717, 1.165) is 5.56 Å². The second kappa shape index (κ2) is 9.07. The van der Waals surface area contributed by atoms with E-state index in [9.17, 15) is 4.79 Å². The van der Waals surface area contributed by atoms with Gasteiger partial charge in [0.2, 0.25) is 5.75 Å². The molecule has 0 saturated carbocycles. The van der Waals surface area contributed by atoms with E-state index in [2.05, 4.69) is 10.4 Å². The number of carbonyl (C=O) groups is 1. The van der Waals surface area contributed by atoms with Crippen LogP contribution < -0.4 is 19.5 Å². The van der Waals surface area contributed by atoms with Gasteiger partial charge in [-0.2, -0.15) is 5.10 Å². The highest BCUT2D eigenvalue weighted by Gasteiger charge is 2.21. The van der Waals surface area contributed by atoms with Crippen LogP contribution in [0.3, 0.4) is 0 Å². The molecule has 0 unspecified atom stereocenters. The number of nitrogens with zero attached hydrogens (tertiary/aromatic N) is 2. The molecule has 2 aromatic carbocycles. The van der Waals surface area contributed by atoms with Crippen LogP contribution in [-0.4, -0.2) is 37.0 Å². The van der Waals surface area contributed by atoms with Crippen molar-refractivity contribution in [3.05, 3.63) is 63.8 Å². The number of hydrogen-bond acceptors (Lipinski definition) is 5. The number of hydrogen-bond donors (Lipinski definition) is 1. The number of nitrogens with one attached hydrogen (secondary N) is 1. The number of methoxy groups -OCH3 is 3. The largest absolute Gasteiger partial charge is 0.493 e. The molecule has 9 heteroatoms. The van der Waals surface area contributed by atoms with Gasteiger partial charge in [0, 0.05) is 27.9 Å². The molecule has 7 nitrogen and oxygen atoms in total. The maximum absolute atomic E-state index is 12.8. The highest BCUT2D eigenvalue weighted by atomic mass is 35.5. The Bertz CT molecular complexity index is 1020. The fourth-order valence-electron chi connectivity index (χ4n) is 2.83. The van der Waals surface area contributed by atoms with Gasteiger partial charge in [-0.05, 0) is 24.3 Å². The number of ether oxygens (including phenoxy) is 3. The van der Waals surface area contributed by atoms with Crippen LogP contribution in [0, 0.1) is 0 Å². The number of rotatable bonds is 7. The molecule has 0 aliphatic heterocycles. The Morgan fingerprint density at radius 3 is 2.31 bits per heavy atom. The minimum Gasteiger partial charge on any atom is -0.493 e. The van der Waals surface area contributed by atoms with Gasteiger partial charge in [-0.3, -0.25) is 9.48 Å². The lowest BCUT2D eigenvalue weighted by Gasteiger charge is -2.15. The third-order valence-corrected chi connectivity index (χ3v) is 4.92. The predicted octanol–water partition coefficient (Wildman–Crippen LogP) is 4.52. The lowest BCUT2D eigenvalue weighted by atomic mass is 10.1. The van der Waals surface area contributed by atoms with Gasteiger partial charge in [-0.25, -0.2) is 0 Å². The Hall–Kier alpha value is -2.90. The van der Waals surface area contributed by atoms with E-state index < -0.39 is 5.91 Å². The van der Waals surface area contributed by atoms with Gasteiger partial charge < -0.3 is 19.5 Å². The molecule has 0 saturated heterocycles. The molecule has 0 radical (unpaired) electrons. The van der Waals surface area contributed by atoms with Crippen LogP contribution in [0.4, 0.5) is 5.82 Å². The number of benzene rings is 2. The molecule has 0 spiro atoms. The van der Waals surface area contributed by atoms with Gasteiger partial charge in [-0.1, -0.05) is 29.3 Å². The van der Waals surface area contributed by atoms with E-state index in [1.165, 1.54) is 21.3 Å². The Morgan fingerprint density at radius 1 is 1.00 bits per heavy atom. The quantitative estimate of drug-likeness (QED) is 0.590. The van der Waals surface area contributed by atoms with E-state index >= 15 is 0 Å². The molecule has 1 aromatic heterocycles. The van der Waals surface area contributed by atoms with Crippen molar-refractivity contribution < 1.29 is 19.0 Å². The maximum atomic E-state index is 12.8. The van der Waals surface area contributed by atoms with E-state index in [1.54, 1.807) is 47.3 Å². The van der Waals surface area contributed by atoms with Gasteiger partial charge in [0.25, 0.3) is 5.91 Å². The second-order valence-electron chi connectivity index (χ2n) is 5.93.